The van der Waals surface area contributed by atoms with Crippen LogP contribution in [0.15, 0.2) is 23.9 Å². The molecule has 2 rings (SSSR count). The van der Waals surface area contributed by atoms with Crippen molar-refractivity contribution in [2.75, 3.05) is 7.05 Å². The van der Waals surface area contributed by atoms with Crippen molar-refractivity contribution in [3.63, 3.8) is 0 Å². The minimum Gasteiger partial charge on any atom is -0.375 e. The highest BCUT2D eigenvalue weighted by Gasteiger charge is 2.28. The molecule has 0 bridgehead atoms. The molecular formula is C12H19N. The molecule has 72 valence electrons. The second kappa shape index (κ2) is 3.57. The summed E-state index contributed by atoms with van der Waals surface area (Å²) in [4.78, 5) is 2.50. The summed E-state index contributed by atoms with van der Waals surface area (Å²) in [6.45, 7) is 2.29. The summed E-state index contributed by atoms with van der Waals surface area (Å²) < 4.78 is 0. The minimum absolute atomic E-state index is 0.786. The van der Waals surface area contributed by atoms with Gasteiger partial charge in [0.05, 0.1) is 0 Å². The highest BCUT2D eigenvalue weighted by atomic mass is 15.2. The van der Waals surface area contributed by atoms with Crippen molar-refractivity contribution in [1.82, 2.24) is 4.90 Å². The third kappa shape index (κ3) is 1.52. The zero-order valence-electron chi connectivity index (χ0n) is 8.66. The van der Waals surface area contributed by atoms with E-state index in [4.69, 9.17) is 0 Å². The zero-order chi connectivity index (χ0) is 9.26. The lowest BCUT2D eigenvalue weighted by atomic mass is 9.84. The highest BCUT2D eigenvalue weighted by Crippen LogP contribution is 2.35. The van der Waals surface area contributed by atoms with Gasteiger partial charge in [0.2, 0.25) is 0 Å². The first-order chi connectivity index (χ1) is 6.33. The average molecular weight is 177 g/mol. The van der Waals surface area contributed by atoms with Gasteiger partial charge in [-0.05, 0) is 31.8 Å². The van der Waals surface area contributed by atoms with Crippen LogP contribution < -0.4 is 0 Å². The number of rotatable bonds is 1. The quantitative estimate of drug-likeness (QED) is 0.595. The number of likely N-dealkylation sites (tertiary alicyclic amines) is 1. The van der Waals surface area contributed by atoms with Crippen LogP contribution in [0.3, 0.4) is 0 Å². The van der Waals surface area contributed by atoms with Crippen LogP contribution >= 0.6 is 0 Å². The lowest BCUT2D eigenvalue weighted by Gasteiger charge is -2.41. The first-order valence-corrected chi connectivity index (χ1v) is 5.42. The average Bonchev–Trinajstić information content (AvgIpc) is 2.19. The predicted molar refractivity (Wildman–Crippen MR) is 56.4 cm³/mol. The molecule has 0 aromatic heterocycles. The van der Waals surface area contributed by atoms with E-state index in [1.165, 1.54) is 25.7 Å². The molecule has 2 atom stereocenters. The number of fused-ring (bicyclic) bond motifs is 1. The van der Waals surface area contributed by atoms with Crippen LogP contribution in [-0.4, -0.2) is 18.0 Å². The third-order valence-corrected chi connectivity index (χ3v) is 3.52. The molecule has 0 spiro atoms. The molecule has 1 heteroatoms. The first kappa shape index (κ1) is 8.86. The van der Waals surface area contributed by atoms with Gasteiger partial charge in [-0.15, -0.1) is 0 Å². The van der Waals surface area contributed by atoms with Gasteiger partial charge in [-0.2, -0.15) is 0 Å². The molecule has 1 aliphatic heterocycles. The summed E-state index contributed by atoms with van der Waals surface area (Å²) in [7, 11) is 2.26. The Hall–Kier alpha value is -0.720. The SMILES string of the molecule is CCC1CCC2CC=CC=C2N1C. The summed E-state index contributed by atoms with van der Waals surface area (Å²) in [6, 6.07) is 0.786. The van der Waals surface area contributed by atoms with Gasteiger partial charge in [-0.25, -0.2) is 0 Å². The Morgan fingerprint density at radius 1 is 1.46 bits per heavy atom. The fourth-order valence-corrected chi connectivity index (χ4v) is 2.61. The Labute approximate surface area is 81.1 Å². The minimum atomic E-state index is 0.786. The maximum absolute atomic E-state index is 2.50. The maximum atomic E-state index is 2.50. The van der Waals surface area contributed by atoms with E-state index >= 15 is 0 Å². The van der Waals surface area contributed by atoms with Gasteiger partial charge in [0.1, 0.15) is 0 Å². The Kier molecular flexibility index (Phi) is 2.43. The highest BCUT2D eigenvalue weighted by molar-refractivity contribution is 5.22. The van der Waals surface area contributed by atoms with Crippen molar-refractivity contribution in [3.8, 4) is 0 Å². The molecule has 0 radical (unpaired) electrons. The summed E-state index contributed by atoms with van der Waals surface area (Å²) in [5.74, 6) is 0.817. The van der Waals surface area contributed by atoms with Gasteiger partial charge in [0.25, 0.3) is 0 Å². The van der Waals surface area contributed by atoms with Crippen LogP contribution in [0.2, 0.25) is 0 Å². The Bertz CT molecular complexity index is 240. The monoisotopic (exact) mass is 177 g/mol. The van der Waals surface area contributed by atoms with Gasteiger partial charge in [0, 0.05) is 24.7 Å². The lowest BCUT2D eigenvalue weighted by molar-refractivity contribution is 0.192. The second-order valence-corrected chi connectivity index (χ2v) is 4.20. The molecule has 1 heterocycles. The molecular weight excluding hydrogens is 158 g/mol. The third-order valence-electron chi connectivity index (χ3n) is 3.52. The van der Waals surface area contributed by atoms with E-state index in [0.717, 1.165) is 12.0 Å². The fourth-order valence-electron chi connectivity index (χ4n) is 2.61. The largest absolute Gasteiger partial charge is 0.375 e. The van der Waals surface area contributed by atoms with E-state index in [9.17, 15) is 0 Å². The topological polar surface area (TPSA) is 3.24 Å². The summed E-state index contributed by atoms with van der Waals surface area (Å²) in [6.07, 6.45) is 12.1. The summed E-state index contributed by atoms with van der Waals surface area (Å²) >= 11 is 0. The standard InChI is InChI=1S/C12H19N/c1-3-11-9-8-10-6-4-5-7-12(10)13(11)2/h4-5,7,10-11H,3,6,8-9H2,1-2H3. The van der Waals surface area contributed by atoms with Crippen molar-refractivity contribution in [3.05, 3.63) is 23.9 Å². The van der Waals surface area contributed by atoms with Gasteiger partial charge < -0.3 is 4.90 Å². The predicted octanol–water partition coefficient (Wildman–Crippen LogP) is 2.95. The van der Waals surface area contributed by atoms with E-state index in [-0.39, 0.29) is 0 Å². The second-order valence-electron chi connectivity index (χ2n) is 4.20. The van der Waals surface area contributed by atoms with Gasteiger partial charge >= 0.3 is 0 Å². The molecule has 0 amide bonds. The molecule has 1 nitrogen and oxygen atoms in total. The fraction of sp³-hybridized carbons (Fsp3) is 0.667. The smallest absolute Gasteiger partial charge is 0.0281 e. The van der Waals surface area contributed by atoms with E-state index in [1.54, 1.807) is 5.70 Å². The molecule has 1 saturated heterocycles. The molecule has 0 saturated carbocycles. The summed E-state index contributed by atoms with van der Waals surface area (Å²) in [5, 5.41) is 0. The number of hydrogen-bond acceptors (Lipinski definition) is 1. The Morgan fingerprint density at radius 2 is 2.31 bits per heavy atom. The molecule has 2 unspecified atom stereocenters. The number of allylic oxidation sites excluding steroid dienone is 4. The van der Waals surface area contributed by atoms with Crippen LogP contribution in [0.4, 0.5) is 0 Å². The number of piperidine rings is 1. The van der Waals surface area contributed by atoms with Crippen molar-refractivity contribution < 1.29 is 0 Å². The van der Waals surface area contributed by atoms with Gasteiger partial charge in [0.15, 0.2) is 0 Å². The van der Waals surface area contributed by atoms with Crippen LogP contribution in [0.1, 0.15) is 32.6 Å². The summed E-state index contributed by atoms with van der Waals surface area (Å²) in [5.41, 5.74) is 1.57. The van der Waals surface area contributed by atoms with Crippen LogP contribution in [0, 0.1) is 5.92 Å². The lowest BCUT2D eigenvalue weighted by Crippen LogP contribution is -2.38. The van der Waals surface area contributed by atoms with Crippen LogP contribution in [-0.2, 0) is 0 Å². The van der Waals surface area contributed by atoms with Gasteiger partial charge in [-0.3, -0.25) is 0 Å². The van der Waals surface area contributed by atoms with E-state index in [2.05, 4.69) is 37.1 Å². The zero-order valence-corrected chi connectivity index (χ0v) is 8.66. The molecule has 2 aliphatic rings. The molecule has 0 aromatic rings. The van der Waals surface area contributed by atoms with Crippen molar-refractivity contribution in [2.24, 2.45) is 5.92 Å². The van der Waals surface area contributed by atoms with Gasteiger partial charge in [-0.1, -0.05) is 19.1 Å². The van der Waals surface area contributed by atoms with E-state index < -0.39 is 0 Å². The normalized spacial score (nSPS) is 32.8. The molecule has 1 fully saturated rings. The van der Waals surface area contributed by atoms with Crippen molar-refractivity contribution >= 4 is 0 Å². The Balaban J connectivity index is 2.17. The number of nitrogens with zero attached hydrogens (tertiary/aromatic N) is 1. The number of hydrogen-bond donors (Lipinski definition) is 0. The van der Waals surface area contributed by atoms with Crippen molar-refractivity contribution in [1.29, 1.82) is 0 Å². The molecule has 0 aromatic carbocycles. The maximum Gasteiger partial charge on any atom is 0.0281 e. The molecule has 0 N–H and O–H groups in total. The van der Waals surface area contributed by atoms with Crippen LogP contribution in [0.25, 0.3) is 0 Å². The van der Waals surface area contributed by atoms with Crippen molar-refractivity contribution in [2.45, 2.75) is 38.6 Å². The first-order valence-electron chi connectivity index (χ1n) is 5.42. The van der Waals surface area contributed by atoms with E-state index in [1.807, 2.05) is 0 Å². The molecule has 1 aliphatic carbocycles. The Morgan fingerprint density at radius 3 is 3.08 bits per heavy atom. The van der Waals surface area contributed by atoms with E-state index in [0.29, 0.717) is 0 Å². The molecule has 13 heavy (non-hydrogen) atoms. The van der Waals surface area contributed by atoms with Crippen LogP contribution in [0.5, 0.6) is 0 Å².